The molecule has 2 rings (SSSR count). The molecule has 0 amide bonds. The van der Waals surface area contributed by atoms with Crippen molar-refractivity contribution in [3.63, 3.8) is 0 Å². The van der Waals surface area contributed by atoms with Gasteiger partial charge in [-0.05, 0) is 24.3 Å². The lowest BCUT2D eigenvalue weighted by Gasteiger charge is -2.07. The number of benzene rings is 1. The van der Waals surface area contributed by atoms with E-state index in [9.17, 15) is 0 Å². The number of ether oxygens (including phenoxy) is 1. The van der Waals surface area contributed by atoms with Gasteiger partial charge in [-0.15, -0.1) is 0 Å². The van der Waals surface area contributed by atoms with Crippen molar-refractivity contribution >= 4 is 5.69 Å². The highest BCUT2D eigenvalue weighted by molar-refractivity contribution is 5.42. The van der Waals surface area contributed by atoms with E-state index in [2.05, 4.69) is 10.3 Å². The van der Waals surface area contributed by atoms with Crippen molar-refractivity contribution in [1.29, 1.82) is 0 Å². The second kappa shape index (κ2) is 5.75. The summed E-state index contributed by atoms with van der Waals surface area (Å²) in [7, 11) is 0. The molecule has 1 heterocycles. The molecule has 16 heavy (non-hydrogen) atoms. The topological polar surface area (TPSA) is 34.1 Å². The average molecular weight is 214 g/mol. The first-order valence-electron chi connectivity index (χ1n) is 5.27. The standard InChI is InChI=1S/C13H14N2O/c1-2-5-12(6-3-1)15-9-10-16-13-7-4-8-14-11-13/h1-8,11,15H,9-10H2. The van der Waals surface area contributed by atoms with Crippen LogP contribution in [-0.2, 0) is 0 Å². The van der Waals surface area contributed by atoms with Crippen LogP contribution in [0.15, 0.2) is 54.9 Å². The van der Waals surface area contributed by atoms with E-state index in [1.165, 1.54) is 0 Å². The number of hydrogen-bond acceptors (Lipinski definition) is 3. The molecule has 1 aromatic heterocycles. The normalized spacial score (nSPS) is 9.75. The van der Waals surface area contributed by atoms with Gasteiger partial charge < -0.3 is 10.1 Å². The van der Waals surface area contributed by atoms with E-state index in [4.69, 9.17) is 4.74 Å². The Morgan fingerprint density at radius 1 is 1.06 bits per heavy atom. The molecule has 0 aliphatic carbocycles. The maximum atomic E-state index is 5.50. The molecule has 0 aliphatic heterocycles. The maximum Gasteiger partial charge on any atom is 0.137 e. The fourth-order valence-corrected chi connectivity index (χ4v) is 1.35. The van der Waals surface area contributed by atoms with Crippen LogP contribution in [-0.4, -0.2) is 18.1 Å². The van der Waals surface area contributed by atoms with Gasteiger partial charge in [-0.25, -0.2) is 0 Å². The molecular weight excluding hydrogens is 200 g/mol. The molecule has 0 radical (unpaired) electrons. The summed E-state index contributed by atoms with van der Waals surface area (Å²) in [5.41, 5.74) is 1.11. The number of nitrogens with zero attached hydrogens (tertiary/aromatic N) is 1. The molecule has 3 heteroatoms. The summed E-state index contributed by atoms with van der Waals surface area (Å²) in [6, 6.07) is 13.8. The third-order valence-electron chi connectivity index (χ3n) is 2.11. The number of para-hydroxylation sites is 1. The maximum absolute atomic E-state index is 5.50. The summed E-state index contributed by atoms with van der Waals surface area (Å²) in [4.78, 5) is 3.98. The molecule has 0 saturated carbocycles. The first-order chi connectivity index (χ1) is 7.95. The van der Waals surface area contributed by atoms with E-state index in [-0.39, 0.29) is 0 Å². The summed E-state index contributed by atoms with van der Waals surface area (Å²) in [6.45, 7) is 1.40. The van der Waals surface area contributed by atoms with Crippen molar-refractivity contribution in [2.45, 2.75) is 0 Å². The Morgan fingerprint density at radius 3 is 2.69 bits per heavy atom. The Morgan fingerprint density at radius 2 is 1.94 bits per heavy atom. The number of anilines is 1. The minimum absolute atomic E-state index is 0.626. The molecule has 0 aliphatic rings. The Labute approximate surface area is 95.1 Å². The van der Waals surface area contributed by atoms with E-state index in [0.29, 0.717) is 6.61 Å². The molecule has 0 spiro atoms. The van der Waals surface area contributed by atoms with Crippen LogP contribution in [0.3, 0.4) is 0 Å². The Balaban J connectivity index is 1.70. The predicted molar refractivity (Wildman–Crippen MR) is 64.7 cm³/mol. The lowest BCUT2D eigenvalue weighted by atomic mass is 10.3. The molecule has 1 N–H and O–H groups in total. The predicted octanol–water partition coefficient (Wildman–Crippen LogP) is 2.57. The van der Waals surface area contributed by atoms with Crippen molar-refractivity contribution in [2.24, 2.45) is 0 Å². The van der Waals surface area contributed by atoms with Crippen molar-refractivity contribution < 1.29 is 4.74 Å². The van der Waals surface area contributed by atoms with Gasteiger partial charge in [0.25, 0.3) is 0 Å². The van der Waals surface area contributed by atoms with E-state index in [1.54, 1.807) is 12.4 Å². The Kier molecular flexibility index (Phi) is 3.77. The molecule has 82 valence electrons. The second-order valence-corrected chi connectivity index (χ2v) is 3.33. The highest BCUT2D eigenvalue weighted by atomic mass is 16.5. The van der Waals surface area contributed by atoms with E-state index >= 15 is 0 Å². The number of nitrogens with one attached hydrogen (secondary N) is 1. The van der Waals surface area contributed by atoms with E-state index < -0.39 is 0 Å². The highest BCUT2D eigenvalue weighted by Crippen LogP contribution is 2.06. The smallest absolute Gasteiger partial charge is 0.137 e. The molecular formula is C13H14N2O. The van der Waals surface area contributed by atoms with Gasteiger partial charge in [-0.2, -0.15) is 0 Å². The minimum atomic E-state index is 0.626. The van der Waals surface area contributed by atoms with Gasteiger partial charge in [-0.1, -0.05) is 18.2 Å². The van der Waals surface area contributed by atoms with Crippen LogP contribution in [0, 0.1) is 0 Å². The van der Waals surface area contributed by atoms with Crippen molar-refractivity contribution in [3.05, 3.63) is 54.9 Å². The number of pyridine rings is 1. The van der Waals surface area contributed by atoms with E-state index in [1.807, 2.05) is 42.5 Å². The van der Waals surface area contributed by atoms with Crippen LogP contribution >= 0.6 is 0 Å². The monoisotopic (exact) mass is 214 g/mol. The van der Waals surface area contributed by atoms with Gasteiger partial charge in [0.2, 0.25) is 0 Å². The molecule has 0 unspecified atom stereocenters. The zero-order valence-electron chi connectivity index (χ0n) is 8.97. The van der Waals surface area contributed by atoms with Gasteiger partial charge in [0.05, 0.1) is 6.20 Å². The van der Waals surface area contributed by atoms with Crippen LogP contribution in [0.5, 0.6) is 5.75 Å². The van der Waals surface area contributed by atoms with Crippen LogP contribution in [0.1, 0.15) is 0 Å². The van der Waals surface area contributed by atoms with E-state index in [0.717, 1.165) is 18.0 Å². The Bertz CT molecular complexity index is 361. The second-order valence-electron chi connectivity index (χ2n) is 3.33. The molecule has 1 aromatic carbocycles. The lowest BCUT2D eigenvalue weighted by molar-refractivity contribution is 0.331. The van der Waals surface area contributed by atoms with Gasteiger partial charge in [0.15, 0.2) is 0 Å². The van der Waals surface area contributed by atoms with Crippen LogP contribution in [0.4, 0.5) is 5.69 Å². The number of rotatable bonds is 5. The average Bonchev–Trinajstić information content (AvgIpc) is 2.37. The minimum Gasteiger partial charge on any atom is -0.490 e. The van der Waals surface area contributed by atoms with Crippen LogP contribution in [0.25, 0.3) is 0 Å². The molecule has 2 aromatic rings. The third kappa shape index (κ3) is 3.28. The summed E-state index contributed by atoms with van der Waals surface area (Å²) in [5.74, 6) is 0.803. The summed E-state index contributed by atoms with van der Waals surface area (Å²) in [5, 5.41) is 3.27. The van der Waals surface area contributed by atoms with Crippen molar-refractivity contribution in [2.75, 3.05) is 18.5 Å². The number of aromatic nitrogens is 1. The zero-order valence-corrected chi connectivity index (χ0v) is 8.97. The van der Waals surface area contributed by atoms with Gasteiger partial charge in [0, 0.05) is 18.4 Å². The summed E-state index contributed by atoms with van der Waals surface area (Å²) in [6.07, 6.45) is 3.44. The molecule has 0 saturated heterocycles. The summed E-state index contributed by atoms with van der Waals surface area (Å²) < 4.78 is 5.50. The lowest BCUT2D eigenvalue weighted by Crippen LogP contribution is -2.11. The first kappa shape index (κ1) is 10.5. The molecule has 0 fully saturated rings. The zero-order chi connectivity index (χ0) is 11.1. The van der Waals surface area contributed by atoms with Gasteiger partial charge in [0.1, 0.15) is 12.4 Å². The van der Waals surface area contributed by atoms with Gasteiger partial charge >= 0.3 is 0 Å². The van der Waals surface area contributed by atoms with Crippen LogP contribution in [0.2, 0.25) is 0 Å². The third-order valence-corrected chi connectivity index (χ3v) is 2.11. The Hall–Kier alpha value is -2.03. The van der Waals surface area contributed by atoms with Gasteiger partial charge in [-0.3, -0.25) is 4.98 Å². The fourth-order valence-electron chi connectivity index (χ4n) is 1.35. The largest absolute Gasteiger partial charge is 0.490 e. The van der Waals surface area contributed by atoms with Crippen molar-refractivity contribution in [1.82, 2.24) is 4.98 Å². The molecule has 0 atom stereocenters. The fraction of sp³-hybridized carbons (Fsp3) is 0.154. The quantitative estimate of drug-likeness (QED) is 0.777. The SMILES string of the molecule is c1ccc(NCCOc2cccnc2)cc1. The molecule has 0 bridgehead atoms. The van der Waals surface area contributed by atoms with Crippen LogP contribution < -0.4 is 10.1 Å². The first-order valence-corrected chi connectivity index (χ1v) is 5.27. The summed E-state index contributed by atoms with van der Waals surface area (Å²) >= 11 is 0. The van der Waals surface area contributed by atoms with Crippen molar-refractivity contribution in [3.8, 4) is 5.75 Å². The number of hydrogen-bond donors (Lipinski definition) is 1. The highest BCUT2D eigenvalue weighted by Gasteiger charge is 1.92. The molecule has 3 nitrogen and oxygen atoms in total.